The lowest BCUT2D eigenvalue weighted by atomic mass is 10.2. The van der Waals surface area contributed by atoms with Crippen molar-refractivity contribution in [2.75, 3.05) is 6.54 Å². The van der Waals surface area contributed by atoms with Gasteiger partial charge < -0.3 is 9.88 Å². The molecule has 1 heterocycles. The Morgan fingerprint density at radius 1 is 1.50 bits per heavy atom. The molecule has 1 rings (SSSR count). The molecule has 0 radical (unpaired) electrons. The molecule has 100 valence electrons. The van der Waals surface area contributed by atoms with E-state index in [0.717, 1.165) is 12.1 Å². The zero-order valence-corrected chi connectivity index (χ0v) is 12.6. The molecule has 4 nitrogen and oxygen atoms in total. The molecule has 0 saturated heterocycles. The van der Waals surface area contributed by atoms with Gasteiger partial charge in [0.1, 0.15) is 0 Å². The van der Waals surface area contributed by atoms with E-state index in [-0.39, 0.29) is 0 Å². The highest BCUT2D eigenvalue weighted by atomic mass is 32.1. The van der Waals surface area contributed by atoms with Crippen LogP contribution in [0.2, 0.25) is 0 Å². The molecule has 18 heavy (non-hydrogen) atoms. The lowest BCUT2D eigenvalue weighted by molar-refractivity contribution is 0.574. The molecule has 0 saturated carbocycles. The van der Waals surface area contributed by atoms with Crippen LogP contribution in [0.4, 0.5) is 0 Å². The van der Waals surface area contributed by atoms with Crippen molar-refractivity contribution in [2.24, 2.45) is 5.10 Å². The number of hydrogen-bond acceptors (Lipinski definition) is 2. The van der Waals surface area contributed by atoms with Gasteiger partial charge in [-0.25, -0.2) is 0 Å². The number of nitrogens with one attached hydrogen (secondary N) is 2. The van der Waals surface area contributed by atoms with E-state index in [2.05, 4.69) is 54.2 Å². The number of thiocarbonyl (C=S) groups is 1. The van der Waals surface area contributed by atoms with Gasteiger partial charge in [-0.05, 0) is 52.9 Å². The van der Waals surface area contributed by atoms with Crippen LogP contribution in [-0.2, 0) is 0 Å². The maximum atomic E-state index is 5.03. The van der Waals surface area contributed by atoms with Gasteiger partial charge in [0.15, 0.2) is 5.11 Å². The predicted octanol–water partition coefficient (Wildman–Crippen LogP) is 2.50. The molecule has 0 atom stereocenters. The maximum Gasteiger partial charge on any atom is 0.186 e. The van der Waals surface area contributed by atoms with Crippen LogP contribution in [0.3, 0.4) is 0 Å². The Balaban J connectivity index is 2.77. The summed E-state index contributed by atoms with van der Waals surface area (Å²) in [6, 6.07) is 2.60. The Bertz CT molecular complexity index is 446. The fourth-order valence-electron chi connectivity index (χ4n) is 2.09. The van der Waals surface area contributed by atoms with E-state index in [9.17, 15) is 0 Å². The molecule has 1 aromatic heterocycles. The average Bonchev–Trinajstić information content (AvgIpc) is 2.54. The third-order valence-electron chi connectivity index (χ3n) is 2.75. The average molecular weight is 266 g/mol. The normalized spacial score (nSPS) is 11.2. The second kappa shape index (κ2) is 6.54. The van der Waals surface area contributed by atoms with E-state index in [4.69, 9.17) is 12.2 Å². The predicted molar refractivity (Wildman–Crippen MR) is 81.3 cm³/mol. The Morgan fingerprint density at radius 2 is 2.17 bits per heavy atom. The molecule has 0 aliphatic heterocycles. The van der Waals surface area contributed by atoms with Gasteiger partial charge in [-0.2, -0.15) is 5.10 Å². The van der Waals surface area contributed by atoms with Crippen molar-refractivity contribution < 1.29 is 0 Å². The first-order chi connectivity index (χ1) is 8.47. The lowest BCUT2D eigenvalue weighted by Crippen LogP contribution is -2.31. The molecular formula is C13H22N4S. The molecule has 1 aromatic rings. The highest BCUT2D eigenvalue weighted by molar-refractivity contribution is 7.80. The Hall–Kier alpha value is -1.36. The molecular weight excluding hydrogens is 244 g/mol. The SMILES string of the molecule is CCNC(=S)N/N=C\c1cc(C)n(C(C)C)c1C. The summed E-state index contributed by atoms with van der Waals surface area (Å²) in [6.07, 6.45) is 1.81. The van der Waals surface area contributed by atoms with Gasteiger partial charge in [-0.3, -0.25) is 5.43 Å². The molecule has 0 spiro atoms. The molecule has 0 aromatic carbocycles. The number of rotatable bonds is 4. The van der Waals surface area contributed by atoms with Crippen molar-refractivity contribution in [1.82, 2.24) is 15.3 Å². The van der Waals surface area contributed by atoms with Crippen LogP contribution >= 0.6 is 12.2 Å². The lowest BCUT2D eigenvalue weighted by Gasteiger charge is -2.13. The summed E-state index contributed by atoms with van der Waals surface area (Å²) < 4.78 is 2.30. The molecule has 0 aliphatic carbocycles. The minimum atomic E-state index is 0.461. The van der Waals surface area contributed by atoms with Gasteiger partial charge >= 0.3 is 0 Å². The summed E-state index contributed by atoms with van der Waals surface area (Å²) in [5.74, 6) is 0. The molecule has 0 unspecified atom stereocenters. The van der Waals surface area contributed by atoms with Crippen LogP contribution < -0.4 is 10.7 Å². The molecule has 0 amide bonds. The van der Waals surface area contributed by atoms with Crippen molar-refractivity contribution in [1.29, 1.82) is 0 Å². The van der Waals surface area contributed by atoms with Crippen LogP contribution in [0.15, 0.2) is 11.2 Å². The van der Waals surface area contributed by atoms with Gasteiger partial charge in [0.25, 0.3) is 0 Å². The summed E-state index contributed by atoms with van der Waals surface area (Å²) in [7, 11) is 0. The van der Waals surface area contributed by atoms with E-state index in [1.54, 1.807) is 0 Å². The smallest absolute Gasteiger partial charge is 0.186 e. The van der Waals surface area contributed by atoms with E-state index in [1.807, 2.05) is 13.1 Å². The van der Waals surface area contributed by atoms with Gasteiger partial charge in [0.05, 0.1) is 6.21 Å². The van der Waals surface area contributed by atoms with Gasteiger partial charge in [-0.1, -0.05) is 0 Å². The monoisotopic (exact) mass is 266 g/mol. The van der Waals surface area contributed by atoms with E-state index < -0.39 is 0 Å². The summed E-state index contributed by atoms with van der Waals surface area (Å²) in [5.41, 5.74) is 6.39. The van der Waals surface area contributed by atoms with Gasteiger partial charge in [-0.15, -0.1) is 0 Å². The highest BCUT2D eigenvalue weighted by Gasteiger charge is 2.09. The van der Waals surface area contributed by atoms with Gasteiger partial charge in [0.2, 0.25) is 0 Å². The van der Waals surface area contributed by atoms with Crippen molar-refractivity contribution in [2.45, 2.75) is 40.7 Å². The van der Waals surface area contributed by atoms with Crippen molar-refractivity contribution >= 4 is 23.5 Å². The van der Waals surface area contributed by atoms with Crippen molar-refractivity contribution in [3.8, 4) is 0 Å². The zero-order chi connectivity index (χ0) is 13.7. The highest BCUT2D eigenvalue weighted by Crippen LogP contribution is 2.18. The molecule has 2 N–H and O–H groups in total. The third-order valence-corrected chi connectivity index (χ3v) is 2.98. The Labute approximate surface area is 114 Å². The fourth-order valence-corrected chi connectivity index (χ4v) is 2.29. The first kappa shape index (κ1) is 14.7. The van der Waals surface area contributed by atoms with Crippen molar-refractivity contribution in [3.05, 3.63) is 23.0 Å². The second-order valence-corrected chi connectivity index (χ2v) is 4.93. The molecule has 0 bridgehead atoms. The Kier molecular flexibility index (Phi) is 5.34. The third kappa shape index (κ3) is 3.57. The quantitative estimate of drug-likeness (QED) is 0.500. The van der Waals surface area contributed by atoms with E-state index in [1.165, 1.54) is 11.4 Å². The Morgan fingerprint density at radius 3 is 2.67 bits per heavy atom. The number of hydrazone groups is 1. The summed E-state index contributed by atoms with van der Waals surface area (Å²) >= 11 is 5.03. The van der Waals surface area contributed by atoms with Crippen LogP contribution in [-0.4, -0.2) is 22.4 Å². The summed E-state index contributed by atoms with van der Waals surface area (Å²) in [5, 5.41) is 7.67. The minimum absolute atomic E-state index is 0.461. The van der Waals surface area contributed by atoms with Crippen LogP contribution in [0.1, 0.15) is 43.8 Å². The standard InChI is InChI=1S/C13H22N4S/c1-6-14-13(18)16-15-8-12-7-10(4)17(9(2)3)11(12)5/h7-9H,6H2,1-5H3,(H2,14,16,18)/b15-8-. The summed E-state index contributed by atoms with van der Waals surface area (Å²) in [4.78, 5) is 0. The van der Waals surface area contributed by atoms with E-state index >= 15 is 0 Å². The topological polar surface area (TPSA) is 41.4 Å². The maximum absolute atomic E-state index is 5.03. The van der Waals surface area contributed by atoms with Crippen molar-refractivity contribution in [3.63, 3.8) is 0 Å². The number of aromatic nitrogens is 1. The van der Waals surface area contributed by atoms with Gasteiger partial charge in [0, 0.05) is 29.5 Å². The number of hydrogen-bond donors (Lipinski definition) is 2. The van der Waals surface area contributed by atoms with E-state index in [0.29, 0.717) is 11.2 Å². The largest absolute Gasteiger partial charge is 0.362 e. The first-order valence-corrected chi connectivity index (χ1v) is 6.63. The number of aryl methyl sites for hydroxylation is 1. The molecule has 0 fully saturated rings. The second-order valence-electron chi connectivity index (χ2n) is 4.52. The molecule has 0 aliphatic rings. The minimum Gasteiger partial charge on any atom is -0.362 e. The summed E-state index contributed by atoms with van der Waals surface area (Å²) in [6.45, 7) is 11.4. The van der Waals surface area contributed by atoms with Crippen LogP contribution in [0.5, 0.6) is 0 Å². The zero-order valence-electron chi connectivity index (χ0n) is 11.7. The fraction of sp³-hybridized carbons (Fsp3) is 0.538. The number of nitrogens with zero attached hydrogens (tertiary/aromatic N) is 2. The first-order valence-electron chi connectivity index (χ1n) is 6.22. The van der Waals surface area contributed by atoms with Crippen LogP contribution in [0.25, 0.3) is 0 Å². The van der Waals surface area contributed by atoms with Crippen LogP contribution in [0, 0.1) is 13.8 Å². The molecule has 5 heteroatoms.